The number of primary amides is 2. The minimum atomic E-state index is -0.626. The largest absolute Gasteiger partial charge is 0.382 e. The molecule has 0 unspecified atom stereocenters. The van der Waals surface area contributed by atoms with Crippen molar-refractivity contribution in [1.29, 1.82) is 10.5 Å². The van der Waals surface area contributed by atoms with Crippen LogP contribution in [0.5, 0.6) is 0 Å². The van der Waals surface area contributed by atoms with E-state index in [0.717, 1.165) is 0 Å². The number of nitriles is 2. The molecule has 2 aromatic heterocycles. The van der Waals surface area contributed by atoms with Crippen LogP contribution in [-0.2, 0) is 9.47 Å². The molecule has 14 nitrogen and oxygen atoms in total. The maximum Gasteiger partial charge on any atom is 0.254 e. The Labute approximate surface area is 195 Å². The fourth-order valence-electron chi connectivity index (χ4n) is 3.80. The molecule has 2 aliphatic heterocycles. The highest BCUT2D eigenvalue weighted by Gasteiger charge is 2.30. The number of nitrogens with zero attached hydrogens (tertiary/aromatic N) is 6. The molecule has 0 aromatic carbocycles. The monoisotopic (exact) mass is 470 g/mol. The third kappa shape index (κ3) is 5.25. The Hall–Kier alpha value is -4.14. The summed E-state index contributed by atoms with van der Waals surface area (Å²) in [5.41, 5.74) is 21.8. The van der Waals surface area contributed by atoms with Crippen molar-refractivity contribution in [3.8, 4) is 12.1 Å². The summed E-state index contributed by atoms with van der Waals surface area (Å²) in [5, 5.41) is 26.1. The number of nitrogens with two attached hydrogens (primary N) is 4. The lowest BCUT2D eigenvalue weighted by Gasteiger charge is -2.26. The first kappa shape index (κ1) is 24.5. The fourth-order valence-corrected chi connectivity index (χ4v) is 3.80. The summed E-state index contributed by atoms with van der Waals surface area (Å²) in [7, 11) is 0. The van der Waals surface area contributed by atoms with Gasteiger partial charge in [-0.25, -0.2) is 0 Å². The quantitative estimate of drug-likeness (QED) is 0.439. The van der Waals surface area contributed by atoms with Gasteiger partial charge >= 0.3 is 0 Å². The van der Waals surface area contributed by atoms with E-state index in [0.29, 0.717) is 39.3 Å². The van der Waals surface area contributed by atoms with E-state index in [1.54, 1.807) is 0 Å². The summed E-state index contributed by atoms with van der Waals surface area (Å²) < 4.78 is 13.6. The van der Waals surface area contributed by atoms with Crippen molar-refractivity contribution in [2.24, 2.45) is 23.3 Å². The number of nitrogen functional groups attached to an aromatic ring is 2. The normalized spacial score (nSPS) is 24.2. The minimum absolute atomic E-state index is 0.0831. The van der Waals surface area contributed by atoms with Crippen LogP contribution in [0.15, 0.2) is 12.4 Å². The first-order valence-corrected chi connectivity index (χ1v) is 10.5. The summed E-state index contributed by atoms with van der Waals surface area (Å²) >= 11 is 0. The van der Waals surface area contributed by atoms with E-state index in [2.05, 4.69) is 22.3 Å². The molecule has 0 spiro atoms. The molecule has 2 amide bonds. The third-order valence-corrected chi connectivity index (χ3v) is 5.72. The van der Waals surface area contributed by atoms with E-state index in [1.165, 1.54) is 21.8 Å². The number of aromatic nitrogens is 4. The van der Waals surface area contributed by atoms with Crippen molar-refractivity contribution in [2.75, 3.05) is 37.9 Å². The Balaban J connectivity index is 0.000000191. The highest BCUT2D eigenvalue weighted by Crippen LogP contribution is 2.27. The molecule has 4 rings (SSSR count). The van der Waals surface area contributed by atoms with Gasteiger partial charge in [-0.1, -0.05) is 0 Å². The summed E-state index contributed by atoms with van der Waals surface area (Å²) in [6, 6.07) is 3.99. The third-order valence-electron chi connectivity index (χ3n) is 5.72. The smallest absolute Gasteiger partial charge is 0.254 e. The molecule has 2 fully saturated rings. The molecule has 2 saturated heterocycles. The summed E-state index contributed by atoms with van der Waals surface area (Å²) in [6.45, 7) is 1.90. The SMILES string of the molecule is N#C[C@H]1CCOC[C@@H]1n1cc(C(N)=O)c(N)n1.N#C[C@H]1CCOC[C@@H]1n1cc(C(N)=O)c(N)n1. The first-order valence-electron chi connectivity index (χ1n) is 10.5. The van der Waals surface area contributed by atoms with E-state index >= 15 is 0 Å². The molecule has 4 heterocycles. The van der Waals surface area contributed by atoms with Gasteiger partial charge in [-0.3, -0.25) is 19.0 Å². The van der Waals surface area contributed by atoms with Gasteiger partial charge in [0.25, 0.3) is 11.8 Å². The summed E-state index contributed by atoms with van der Waals surface area (Å²) in [4.78, 5) is 22.1. The second-order valence-electron chi connectivity index (χ2n) is 7.88. The van der Waals surface area contributed by atoms with Crippen LogP contribution in [0.1, 0.15) is 45.6 Å². The number of anilines is 2. The zero-order valence-electron chi connectivity index (χ0n) is 18.3. The zero-order valence-corrected chi connectivity index (χ0v) is 18.3. The highest BCUT2D eigenvalue weighted by molar-refractivity contribution is 5.97. The molecule has 180 valence electrons. The predicted octanol–water partition coefficient (Wildman–Crippen LogP) is -0.669. The molecule has 8 N–H and O–H groups in total. The average Bonchev–Trinajstić information content (AvgIpc) is 3.42. The van der Waals surface area contributed by atoms with E-state index in [9.17, 15) is 9.59 Å². The summed E-state index contributed by atoms with van der Waals surface area (Å²) in [6.07, 6.45) is 4.24. The van der Waals surface area contributed by atoms with Gasteiger partial charge in [-0.15, -0.1) is 0 Å². The van der Waals surface area contributed by atoms with Crippen LogP contribution in [0, 0.1) is 34.5 Å². The minimum Gasteiger partial charge on any atom is -0.382 e. The molecule has 0 aliphatic carbocycles. The predicted molar refractivity (Wildman–Crippen MR) is 117 cm³/mol. The van der Waals surface area contributed by atoms with Crippen LogP contribution in [-0.4, -0.2) is 57.8 Å². The van der Waals surface area contributed by atoms with Gasteiger partial charge in [-0.2, -0.15) is 20.7 Å². The molecular formula is C20H26N10O4. The van der Waals surface area contributed by atoms with E-state index in [1.807, 2.05) is 0 Å². The zero-order chi connectivity index (χ0) is 24.8. The number of rotatable bonds is 4. The first-order chi connectivity index (χ1) is 16.3. The van der Waals surface area contributed by atoms with Crippen LogP contribution in [0.25, 0.3) is 0 Å². The number of hydrogen-bond acceptors (Lipinski definition) is 10. The standard InChI is InChI=1S/2C10H13N5O2/c2*11-3-6-1-2-17-5-8(6)15-4-7(10(13)16)9(12)14-15/h2*4,6,8H,1-2,5H2,(H2,12,14)(H2,13,16)/t2*6-,8+/m11/s1. The lowest BCUT2D eigenvalue weighted by molar-refractivity contribution is 0.0341. The number of amides is 2. The van der Waals surface area contributed by atoms with Crippen molar-refractivity contribution < 1.29 is 19.1 Å². The fraction of sp³-hybridized carbons (Fsp3) is 0.500. The van der Waals surface area contributed by atoms with Crippen molar-refractivity contribution in [3.05, 3.63) is 23.5 Å². The average molecular weight is 470 g/mol. The molecular weight excluding hydrogens is 444 g/mol. The molecule has 14 heteroatoms. The van der Waals surface area contributed by atoms with E-state index in [4.69, 9.17) is 42.9 Å². The van der Waals surface area contributed by atoms with Gasteiger partial charge in [0.15, 0.2) is 11.6 Å². The topological polar surface area (TPSA) is 240 Å². The molecule has 4 atom stereocenters. The van der Waals surface area contributed by atoms with Crippen molar-refractivity contribution >= 4 is 23.5 Å². The van der Waals surface area contributed by atoms with Gasteiger partial charge < -0.3 is 32.4 Å². The van der Waals surface area contributed by atoms with Gasteiger partial charge in [0, 0.05) is 25.6 Å². The number of ether oxygens (including phenoxy) is 2. The molecule has 34 heavy (non-hydrogen) atoms. The number of carbonyl (C=O) groups is 2. The lowest BCUT2D eigenvalue weighted by atomic mass is 9.97. The molecule has 0 radical (unpaired) electrons. The molecule has 2 aromatic rings. The molecule has 0 saturated carbocycles. The van der Waals surface area contributed by atoms with Gasteiger partial charge in [0.05, 0.1) is 49.3 Å². The van der Waals surface area contributed by atoms with E-state index < -0.39 is 11.8 Å². The second kappa shape index (κ2) is 10.7. The van der Waals surface area contributed by atoms with Crippen LogP contribution < -0.4 is 22.9 Å². The molecule has 2 aliphatic rings. The van der Waals surface area contributed by atoms with Crippen molar-refractivity contribution in [2.45, 2.75) is 24.9 Å². The summed E-state index contributed by atoms with van der Waals surface area (Å²) in [5.74, 6) is -1.47. The Morgan fingerprint density at radius 1 is 0.853 bits per heavy atom. The van der Waals surface area contributed by atoms with Crippen LogP contribution in [0.3, 0.4) is 0 Å². The van der Waals surface area contributed by atoms with Crippen LogP contribution in [0.4, 0.5) is 11.6 Å². The Kier molecular flexibility index (Phi) is 7.68. The second-order valence-corrected chi connectivity index (χ2v) is 7.88. The van der Waals surface area contributed by atoms with Gasteiger partial charge in [0.2, 0.25) is 0 Å². The van der Waals surface area contributed by atoms with Gasteiger partial charge in [-0.05, 0) is 12.8 Å². The molecule has 0 bridgehead atoms. The maximum absolute atomic E-state index is 11.1. The number of carbonyl (C=O) groups excluding carboxylic acids is 2. The van der Waals surface area contributed by atoms with E-state index in [-0.39, 0.29) is 46.7 Å². The Bertz CT molecular complexity index is 1040. The Morgan fingerprint density at radius 2 is 1.24 bits per heavy atom. The van der Waals surface area contributed by atoms with Crippen LogP contribution in [0.2, 0.25) is 0 Å². The van der Waals surface area contributed by atoms with Crippen molar-refractivity contribution in [3.63, 3.8) is 0 Å². The lowest BCUT2D eigenvalue weighted by Crippen LogP contribution is -2.29. The van der Waals surface area contributed by atoms with Gasteiger partial charge in [0.1, 0.15) is 11.1 Å². The Morgan fingerprint density at radius 3 is 1.53 bits per heavy atom. The number of hydrogen-bond donors (Lipinski definition) is 4. The van der Waals surface area contributed by atoms with Crippen molar-refractivity contribution in [1.82, 2.24) is 19.6 Å². The van der Waals surface area contributed by atoms with Crippen LogP contribution >= 0.6 is 0 Å². The highest BCUT2D eigenvalue weighted by atomic mass is 16.5. The maximum atomic E-state index is 11.1.